The zero-order valence-electron chi connectivity index (χ0n) is 8.81. The Morgan fingerprint density at radius 2 is 2.08 bits per heavy atom. The lowest BCUT2D eigenvalue weighted by atomic mass is 9.54. The maximum atomic E-state index is 3.67. The maximum absolute atomic E-state index is 3.67. The second-order valence-corrected chi connectivity index (χ2v) is 5.11. The Morgan fingerprint density at radius 1 is 1.23 bits per heavy atom. The minimum Gasteiger partial charge on any atom is -0.315 e. The van der Waals surface area contributed by atoms with Crippen molar-refractivity contribution in [2.75, 3.05) is 6.54 Å². The smallest absolute Gasteiger partial charge is 0.119 e. The first-order chi connectivity index (χ1) is 6.29. The average Bonchev–Trinajstić information content (AvgIpc) is 2.46. The van der Waals surface area contributed by atoms with E-state index in [1.807, 2.05) is 0 Å². The van der Waals surface area contributed by atoms with Crippen molar-refractivity contribution >= 4 is 7.28 Å². The molecule has 2 fully saturated rings. The van der Waals surface area contributed by atoms with Crippen LogP contribution in [0.4, 0.5) is 0 Å². The summed E-state index contributed by atoms with van der Waals surface area (Å²) in [6.07, 6.45) is 9.80. The minimum atomic E-state index is 0.564. The van der Waals surface area contributed by atoms with Gasteiger partial charge in [-0.25, -0.2) is 0 Å². The summed E-state index contributed by atoms with van der Waals surface area (Å²) >= 11 is 0. The van der Waals surface area contributed by atoms with Crippen LogP contribution in [0.25, 0.3) is 0 Å². The molecule has 2 heteroatoms. The normalized spacial score (nSPS) is 41.2. The summed E-state index contributed by atoms with van der Waals surface area (Å²) in [4.78, 5) is 0. The van der Waals surface area contributed by atoms with Gasteiger partial charge in [-0.15, -0.1) is 0 Å². The average molecular weight is 178 g/mol. The monoisotopic (exact) mass is 178 g/mol. The predicted octanol–water partition coefficient (Wildman–Crippen LogP) is 2.61. The third-order valence-corrected chi connectivity index (χ3v) is 3.72. The molecule has 2 unspecified atom stereocenters. The van der Waals surface area contributed by atoms with Crippen LogP contribution in [0.2, 0.25) is 11.6 Å². The largest absolute Gasteiger partial charge is 0.315 e. The van der Waals surface area contributed by atoms with Crippen LogP contribution < -0.4 is 5.32 Å². The third kappa shape index (κ3) is 2.49. The van der Waals surface area contributed by atoms with Crippen molar-refractivity contribution in [3.63, 3.8) is 0 Å². The first kappa shape index (κ1) is 9.58. The molecule has 2 atom stereocenters. The molecule has 2 saturated heterocycles. The molecule has 0 saturated carbocycles. The van der Waals surface area contributed by atoms with Gasteiger partial charge in [-0.1, -0.05) is 44.2 Å². The highest BCUT2D eigenvalue weighted by molar-refractivity contribution is 6.41. The van der Waals surface area contributed by atoms with Gasteiger partial charge in [0, 0.05) is 0 Å². The van der Waals surface area contributed by atoms with Gasteiger partial charge in [-0.3, -0.25) is 0 Å². The van der Waals surface area contributed by atoms with Gasteiger partial charge in [0.25, 0.3) is 0 Å². The van der Waals surface area contributed by atoms with Crippen molar-refractivity contribution in [2.45, 2.75) is 63.1 Å². The van der Waals surface area contributed by atoms with Crippen molar-refractivity contribution in [2.24, 2.45) is 0 Å². The Hall–Kier alpha value is 0.0249. The second-order valence-electron chi connectivity index (χ2n) is 5.11. The maximum Gasteiger partial charge on any atom is 0.119 e. The van der Waals surface area contributed by atoms with E-state index >= 15 is 0 Å². The fraction of sp³-hybridized carbons (Fsp3) is 1.00. The number of hydrogen-bond acceptors (Lipinski definition) is 1. The molecule has 0 aromatic heterocycles. The van der Waals surface area contributed by atoms with Crippen LogP contribution in [-0.4, -0.2) is 19.9 Å². The standard InChI is InChI=1S/C11H21BN/c1-11-6-4-2-3-5-7-13-10(8-11)9-12-11/h10,13H,2-9H2,1H3. The van der Waals surface area contributed by atoms with E-state index in [1.54, 1.807) is 0 Å². The van der Waals surface area contributed by atoms with E-state index in [0.717, 1.165) is 6.04 Å². The van der Waals surface area contributed by atoms with Crippen molar-refractivity contribution in [1.82, 2.24) is 5.32 Å². The molecule has 2 aliphatic rings. The lowest BCUT2D eigenvalue weighted by Crippen LogP contribution is -2.27. The zero-order chi connectivity index (χ0) is 9.15. The summed E-state index contributed by atoms with van der Waals surface area (Å²) in [5, 5.41) is 4.24. The summed E-state index contributed by atoms with van der Waals surface area (Å²) in [5.41, 5.74) is 0. The molecule has 0 aromatic rings. The lowest BCUT2D eigenvalue weighted by molar-refractivity contribution is 0.410. The SMILES string of the molecule is CC12[B]CC(C1)NCCCCCC2. The highest BCUT2D eigenvalue weighted by Gasteiger charge is 2.35. The highest BCUT2D eigenvalue weighted by atomic mass is 14.9. The van der Waals surface area contributed by atoms with Gasteiger partial charge in [-0.05, 0) is 25.4 Å². The van der Waals surface area contributed by atoms with E-state index in [4.69, 9.17) is 0 Å². The van der Waals surface area contributed by atoms with Crippen LogP contribution in [0, 0.1) is 0 Å². The summed E-state index contributed by atoms with van der Waals surface area (Å²) < 4.78 is 0. The first-order valence-corrected chi connectivity index (χ1v) is 5.86. The molecule has 2 bridgehead atoms. The molecule has 2 heterocycles. The van der Waals surface area contributed by atoms with Crippen LogP contribution >= 0.6 is 0 Å². The molecule has 1 radical (unpaired) electrons. The van der Waals surface area contributed by atoms with Gasteiger partial charge < -0.3 is 5.32 Å². The van der Waals surface area contributed by atoms with E-state index in [2.05, 4.69) is 19.5 Å². The molecule has 73 valence electrons. The molecule has 13 heavy (non-hydrogen) atoms. The van der Waals surface area contributed by atoms with E-state index in [0.29, 0.717) is 5.31 Å². The number of rotatable bonds is 0. The molecule has 0 aliphatic carbocycles. The second kappa shape index (κ2) is 4.04. The van der Waals surface area contributed by atoms with Crippen LogP contribution in [0.5, 0.6) is 0 Å². The molecular formula is C11H21BN. The van der Waals surface area contributed by atoms with Gasteiger partial charge in [0.05, 0.1) is 0 Å². The van der Waals surface area contributed by atoms with E-state index in [-0.39, 0.29) is 0 Å². The Balaban J connectivity index is 1.92. The van der Waals surface area contributed by atoms with Crippen LogP contribution in [0.15, 0.2) is 0 Å². The molecule has 2 rings (SSSR count). The summed E-state index contributed by atoms with van der Waals surface area (Å²) in [5.74, 6) is 0. The van der Waals surface area contributed by atoms with E-state index in [1.165, 1.54) is 51.4 Å². The summed E-state index contributed by atoms with van der Waals surface area (Å²) in [7, 11) is 2.57. The molecule has 0 spiro atoms. The molecule has 0 aromatic carbocycles. The highest BCUT2D eigenvalue weighted by Crippen LogP contribution is 2.43. The lowest BCUT2D eigenvalue weighted by Gasteiger charge is -2.25. The van der Waals surface area contributed by atoms with Gasteiger partial charge in [0.15, 0.2) is 0 Å². The van der Waals surface area contributed by atoms with Crippen LogP contribution in [0.1, 0.15) is 45.4 Å². The number of nitrogens with one attached hydrogen (secondary N) is 1. The van der Waals surface area contributed by atoms with E-state index < -0.39 is 0 Å². The minimum absolute atomic E-state index is 0.564. The molecule has 1 N–H and O–H groups in total. The zero-order valence-corrected chi connectivity index (χ0v) is 8.81. The summed E-state index contributed by atoms with van der Waals surface area (Å²) in [6, 6.07) is 0.795. The third-order valence-electron chi connectivity index (χ3n) is 3.72. The van der Waals surface area contributed by atoms with E-state index in [9.17, 15) is 0 Å². The Bertz CT molecular complexity index is 171. The van der Waals surface area contributed by atoms with Gasteiger partial charge in [0.2, 0.25) is 0 Å². The Morgan fingerprint density at radius 3 is 3.00 bits per heavy atom. The van der Waals surface area contributed by atoms with Crippen molar-refractivity contribution in [1.29, 1.82) is 0 Å². The van der Waals surface area contributed by atoms with Crippen LogP contribution in [0.3, 0.4) is 0 Å². The fourth-order valence-corrected chi connectivity index (χ4v) is 2.83. The Kier molecular flexibility index (Phi) is 2.97. The molecular weight excluding hydrogens is 157 g/mol. The molecule has 2 aliphatic heterocycles. The number of fused-ring (bicyclic) bond motifs is 2. The first-order valence-electron chi connectivity index (χ1n) is 5.86. The summed E-state index contributed by atoms with van der Waals surface area (Å²) in [6.45, 7) is 3.69. The van der Waals surface area contributed by atoms with Crippen molar-refractivity contribution in [3.8, 4) is 0 Å². The predicted molar refractivity (Wildman–Crippen MR) is 58.4 cm³/mol. The fourth-order valence-electron chi connectivity index (χ4n) is 2.83. The van der Waals surface area contributed by atoms with Gasteiger partial charge >= 0.3 is 0 Å². The molecule has 0 amide bonds. The topological polar surface area (TPSA) is 12.0 Å². The van der Waals surface area contributed by atoms with Crippen molar-refractivity contribution in [3.05, 3.63) is 0 Å². The van der Waals surface area contributed by atoms with Gasteiger partial charge in [-0.2, -0.15) is 0 Å². The quantitative estimate of drug-likeness (QED) is 0.562. The molecule has 1 nitrogen and oxygen atoms in total. The Labute approximate surface area is 82.9 Å². The number of hydrogen-bond donors (Lipinski definition) is 1. The van der Waals surface area contributed by atoms with Crippen molar-refractivity contribution < 1.29 is 0 Å². The van der Waals surface area contributed by atoms with Gasteiger partial charge in [0.1, 0.15) is 7.28 Å². The van der Waals surface area contributed by atoms with Crippen LogP contribution in [-0.2, 0) is 0 Å².